The monoisotopic (exact) mass is 537 g/mol. The fourth-order valence-electron chi connectivity index (χ4n) is 4.67. The second kappa shape index (κ2) is 10.6. The van der Waals surface area contributed by atoms with E-state index in [0.717, 1.165) is 24.6 Å². The third-order valence-electron chi connectivity index (χ3n) is 6.98. The van der Waals surface area contributed by atoms with E-state index in [4.69, 9.17) is 4.84 Å². The predicted octanol–water partition coefficient (Wildman–Crippen LogP) is 3.82. The molecule has 0 atom stereocenters. The van der Waals surface area contributed by atoms with Gasteiger partial charge >= 0.3 is 17.8 Å². The van der Waals surface area contributed by atoms with Crippen LogP contribution in [0.2, 0.25) is 0 Å². The number of hydrogen-bond donors (Lipinski definition) is 0. The average Bonchev–Trinajstić information content (AvgIpc) is 3.67. The van der Waals surface area contributed by atoms with Crippen LogP contribution in [0.4, 0.5) is 19.0 Å². The molecule has 38 heavy (non-hydrogen) atoms. The molecule has 0 N–H and O–H groups in total. The molecule has 9 nitrogen and oxygen atoms in total. The fourth-order valence-corrected chi connectivity index (χ4v) is 4.67. The largest absolute Gasteiger partial charge is 0.433 e. The van der Waals surface area contributed by atoms with Crippen molar-refractivity contribution in [2.75, 3.05) is 37.6 Å². The molecule has 2 aromatic heterocycles. The smallest absolute Gasteiger partial charge is 0.345 e. The zero-order chi connectivity index (χ0) is 27.7. The minimum Gasteiger partial charge on any atom is -0.345 e. The molecule has 1 aliphatic heterocycles. The van der Waals surface area contributed by atoms with Gasteiger partial charge in [-0.2, -0.15) is 18.2 Å². The van der Waals surface area contributed by atoms with E-state index in [2.05, 4.69) is 15.0 Å². The molecule has 0 spiro atoms. The van der Waals surface area contributed by atoms with E-state index in [0.29, 0.717) is 58.0 Å². The van der Waals surface area contributed by atoms with E-state index in [1.165, 1.54) is 6.92 Å². The van der Waals surface area contributed by atoms with Crippen molar-refractivity contribution < 1.29 is 27.4 Å². The number of piperazine rings is 1. The van der Waals surface area contributed by atoms with Gasteiger partial charge in [0.25, 0.3) is 0 Å². The van der Waals surface area contributed by atoms with Crippen LogP contribution in [0, 0.1) is 0 Å². The predicted molar refractivity (Wildman–Crippen MR) is 134 cm³/mol. The first kappa shape index (κ1) is 28.0. The topological polar surface area (TPSA) is 90.2 Å². The molecule has 12 heteroatoms. The highest BCUT2D eigenvalue weighted by molar-refractivity contribution is 5.65. The first-order chi connectivity index (χ1) is 17.8. The summed E-state index contributed by atoms with van der Waals surface area (Å²) in [5.74, 6) is 0.362. The molecule has 4 rings (SSSR count). The molecular weight excluding hydrogens is 501 g/mol. The van der Waals surface area contributed by atoms with E-state index >= 15 is 0 Å². The molecule has 1 aliphatic carbocycles. The van der Waals surface area contributed by atoms with Gasteiger partial charge < -0.3 is 4.90 Å². The second-order valence-corrected chi connectivity index (χ2v) is 11.3. The normalized spacial score (nSPS) is 17.9. The molecule has 0 radical (unpaired) electrons. The van der Waals surface area contributed by atoms with Gasteiger partial charge in [-0.05, 0) is 25.3 Å². The van der Waals surface area contributed by atoms with Gasteiger partial charge in [0.2, 0.25) is 0 Å². The third-order valence-corrected chi connectivity index (χ3v) is 6.98. The number of unbranched alkanes of at least 4 members (excludes halogenated alkanes) is 1. The lowest BCUT2D eigenvalue weighted by Gasteiger charge is -2.41. The molecule has 2 fully saturated rings. The molecule has 0 unspecified atom stereocenters. The Morgan fingerprint density at radius 2 is 1.79 bits per heavy atom. The standard InChI is InChI=1S/C26H36F3N6O3/c1-18(36)38-35(14-6-5-10-34-11-9-20(19-7-8-19)30-24(34)37)15-12-33(13-16-35)22-17-21(26(27,28)29)31-23(32-22)25(2,3)4/h9,11,17,19H,5-8,10,12-16H2,1-4H3/q+1. The van der Waals surface area contributed by atoms with E-state index in [-0.39, 0.29) is 22.0 Å². The summed E-state index contributed by atoms with van der Waals surface area (Å²) in [4.78, 5) is 44.1. The molecule has 2 aliphatic rings. The average molecular weight is 538 g/mol. The van der Waals surface area contributed by atoms with Gasteiger partial charge in [0, 0.05) is 43.5 Å². The Kier molecular flexibility index (Phi) is 7.83. The Bertz CT molecular complexity index is 1180. The summed E-state index contributed by atoms with van der Waals surface area (Å²) < 4.78 is 42.3. The Morgan fingerprint density at radius 3 is 2.34 bits per heavy atom. The number of anilines is 1. The number of hydroxylamine groups is 3. The zero-order valence-corrected chi connectivity index (χ0v) is 22.4. The molecule has 1 saturated carbocycles. The quantitative estimate of drug-likeness (QED) is 0.374. The lowest BCUT2D eigenvalue weighted by molar-refractivity contribution is -1.09. The first-order valence-electron chi connectivity index (χ1n) is 13.1. The van der Waals surface area contributed by atoms with Crippen molar-refractivity contribution in [1.29, 1.82) is 0 Å². The lowest BCUT2D eigenvalue weighted by atomic mass is 9.95. The fraction of sp³-hybridized carbons (Fsp3) is 0.654. The maximum atomic E-state index is 13.6. The van der Waals surface area contributed by atoms with Gasteiger partial charge in [-0.3, -0.25) is 9.40 Å². The van der Waals surface area contributed by atoms with Crippen LogP contribution in [0.5, 0.6) is 0 Å². The van der Waals surface area contributed by atoms with E-state index in [1.54, 1.807) is 36.4 Å². The molecule has 0 aromatic carbocycles. The Labute approximate surface area is 220 Å². The Hall–Kier alpha value is -3.02. The van der Waals surface area contributed by atoms with Crippen molar-refractivity contribution in [3.63, 3.8) is 0 Å². The number of nitrogens with zero attached hydrogens (tertiary/aromatic N) is 6. The number of alkyl halides is 3. The highest BCUT2D eigenvalue weighted by Crippen LogP contribution is 2.38. The first-order valence-corrected chi connectivity index (χ1v) is 13.1. The van der Waals surface area contributed by atoms with Gasteiger partial charge in [0.05, 0.1) is 18.8 Å². The van der Waals surface area contributed by atoms with Gasteiger partial charge in [0.1, 0.15) is 37.0 Å². The van der Waals surface area contributed by atoms with Crippen LogP contribution in [0.1, 0.15) is 76.5 Å². The number of carbonyl (C=O) groups excluding carboxylic acids is 1. The zero-order valence-electron chi connectivity index (χ0n) is 22.4. The number of hydrogen-bond acceptors (Lipinski definition) is 7. The maximum Gasteiger partial charge on any atom is 0.433 e. The maximum absolute atomic E-state index is 13.6. The van der Waals surface area contributed by atoms with Crippen LogP contribution in [0.3, 0.4) is 0 Å². The van der Waals surface area contributed by atoms with Crippen LogP contribution in [-0.4, -0.2) is 62.9 Å². The van der Waals surface area contributed by atoms with Crippen molar-refractivity contribution in [3.8, 4) is 0 Å². The number of quaternary nitrogens is 1. The molecular formula is C26H36F3N6O3+. The van der Waals surface area contributed by atoms with Crippen molar-refractivity contribution in [2.45, 2.75) is 77.4 Å². The molecule has 2 aromatic rings. The summed E-state index contributed by atoms with van der Waals surface area (Å²) in [6.07, 6.45) is 0.780. The van der Waals surface area contributed by atoms with Crippen LogP contribution in [0.25, 0.3) is 0 Å². The number of rotatable bonds is 8. The highest BCUT2D eigenvalue weighted by Gasteiger charge is 2.39. The van der Waals surface area contributed by atoms with Gasteiger partial charge in [0.15, 0.2) is 0 Å². The van der Waals surface area contributed by atoms with E-state index in [9.17, 15) is 22.8 Å². The Balaban J connectivity index is 1.40. The second-order valence-electron chi connectivity index (χ2n) is 11.3. The summed E-state index contributed by atoms with van der Waals surface area (Å²) in [5.41, 5.74) is -0.999. The number of carbonyl (C=O) groups is 1. The number of aryl methyl sites for hydroxylation is 1. The van der Waals surface area contributed by atoms with Crippen LogP contribution >= 0.6 is 0 Å². The van der Waals surface area contributed by atoms with Crippen molar-refractivity contribution in [2.24, 2.45) is 0 Å². The third kappa shape index (κ3) is 6.89. The Morgan fingerprint density at radius 1 is 1.11 bits per heavy atom. The van der Waals surface area contributed by atoms with Gasteiger partial charge in [-0.15, -0.1) is 4.65 Å². The van der Waals surface area contributed by atoms with Crippen LogP contribution in [-0.2, 0) is 27.8 Å². The summed E-state index contributed by atoms with van der Waals surface area (Å²) in [6.45, 7) is 9.30. The van der Waals surface area contributed by atoms with Crippen molar-refractivity contribution >= 4 is 11.8 Å². The van der Waals surface area contributed by atoms with Crippen molar-refractivity contribution in [1.82, 2.24) is 19.5 Å². The summed E-state index contributed by atoms with van der Waals surface area (Å²) in [5, 5.41) is 0. The van der Waals surface area contributed by atoms with Crippen LogP contribution in [0.15, 0.2) is 23.1 Å². The molecule has 208 valence electrons. The van der Waals surface area contributed by atoms with Gasteiger partial charge in [-0.25, -0.2) is 19.6 Å². The number of halogens is 3. The van der Waals surface area contributed by atoms with Crippen LogP contribution < -0.4 is 10.6 Å². The summed E-state index contributed by atoms with van der Waals surface area (Å²) in [7, 11) is 0. The summed E-state index contributed by atoms with van der Waals surface area (Å²) in [6, 6.07) is 2.90. The van der Waals surface area contributed by atoms with E-state index < -0.39 is 23.3 Å². The summed E-state index contributed by atoms with van der Waals surface area (Å²) >= 11 is 0. The minimum absolute atomic E-state index is 0.0862. The molecule has 0 amide bonds. The number of aromatic nitrogens is 4. The molecule has 0 bridgehead atoms. The highest BCUT2D eigenvalue weighted by atomic mass is 19.4. The SMILES string of the molecule is CC(=O)O[N+]1(CCCCn2ccc(C3CC3)nc2=O)CCN(c2cc(C(F)(F)F)nc(C(C)(C)C)n2)CC1. The van der Waals surface area contributed by atoms with E-state index in [1.807, 2.05) is 6.07 Å². The minimum atomic E-state index is -4.58. The van der Waals surface area contributed by atoms with Gasteiger partial charge in [-0.1, -0.05) is 20.8 Å². The molecule has 3 heterocycles. The molecule has 1 saturated heterocycles. The van der Waals surface area contributed by atoms with Crippen molar-refractivity contribution in [3.05, 3.63) is 46.0 Å². The lowest BCUT2D eigenvalue weighted by Crippen LogP contribution is -2.60.